The SMILES string of the molecule is CCCC(OCC)c1nccc(C(=O)O)n1. The van der Waals surface area contributed by atoms with Gasteiger partial charge < -0.3 is 9.84 Å². The van der Waals surface area contributed by atoms with Crippen LogP contribution in [0, 0.1) is 0 Å². The van der Waals surface area contributed by atoms with Crippen LogP contribution in [0.1, 0.15) is 49.1 Å². The van der Waals surface area contributed by atoms with E-state index < -0.39 is 5.97 Å². The number of aromatic nitrogens is 2. The zero-order valence-corrected chi connectivity index (χ0v) is 9.51. The van der Waals surface area contributed by atoms with Crippen molar-refractivity contribution in [1.82, 2.24) is 9.97 Å². The second kappa shape index (κ2) is 6.17. The zero-order valence-electron chi connectivity index (χ0n) is 9.51. The molecule has 1 atom stereocenters. The summed E-state index contributed by atoms with van der Waals surface area (Å²) in [6.07, 6.45) is 2.96. The molecule has 0 aliphatic carbocycles. The minimum absolute atomic E-state index is 0.00538. The molecular weight excluding hydrogens is 208 g/mol. The molecule has 0 aromatic carbocycles. The van der Waals surface area contributed by atoms with Crippen LogP contribution in [0.5, 0.6) is 0 Å². The average molecular weight is 224 g/mol. The summed E-state index contributed by atoms with van der Waals surface area (Å²) in [5, 5.41) is 8.82. The number of rotatable bonds is 6. The zero-order chi connectivity index (χ0) is 12.0. The second-order valence-electron chi connectivity index (χ2n) is 3.34. The van der Waals surface area contributed by atoms with E-state index in [9.17, 15) is 4.79 Å². The molecule has 0 saturated carbocycles. The number of nitrogens with zero attached hydrogens (tertiary/aromatic N) is 2. The number of aromatic carboxylic acids is 1. The lowest BCUT2D eigenvalue weighted by molar-refractivity contribution is 0.0487. The number of hydrogen-bond donors (Lipinski definition) is 1. The lowest BCUT2D eigenvalue weighted by Crippen LogP contribution is -2.11. The predicted molar refractivity (Wildman–Crippen MR) is 58.3 cm³/mol. The Hall–Kier alpha value is -1.49. The van der Waals surface area contributed by atoms with Gasteiger partial charge in [0.05, 0.1) is 0 Å². The van der Waals surface area contributed by atoms with Gasteiger partial charge in [0.2, 0.25) is 0 Å². The van der Waals surface area contributed by atoms with Crippen molar-refractivity contribution in [3.05, 3.63) is 23.8 Å². The molecule has 0 radical (unpaired) electrons. The van der Waals surface area contributed by atoms with Crippen LogP contribution in [0.4, 0.5) is 0 Å². The van der Waals surface area contributed by atoms with Gasteiger partial charge in [-0.05, 0) is 19.4 Å². The molecule has 1 rings (SSSR count). The third kappa shape index (κ3) is 3.27. The van der Waals surface area contributed by atoms with Crippen molar-refractivity contribution in [2.45, 2.75) is 32.8 Å². The van der Waals surface area contributed by atoms with Gasteiger partial charge in [-0.25, -0.2) is 14.8 Å². The van der Waals surface area contributed by atoms with Crippen molar-refractivity contribution in [3.63, 3.8) is 0 Å². The second-order valence-corrected chi connectivity index (χ2v) is 3.34. The van der Waals surface area contributed by atoms with Gasteiger partial charge in [0.15, 0.2) is 11.5 Å². The molecule has 1 unspecified atom stereocenters. The maximum atomic E-state index is 10.8. The summed E-state index contributed by atoms with van der Waals surface area (Å²) in [6, 6.07) is 1.38. The third-order valence-electron chi connectivity index (χ3n) is 2.10. The Morgan fingerprint density at radius 2 is 2.31 bits per heavy atom. The van der Waals surface area contributed by atoms with Gasteiger partial charge in [0.25, 0.3) is 0 Å². The first kappa shape index (κ1) is 12.6. The van der Waals surface area contributed by atoms with E-state index in [2.05, 4.69) is 9.97 Å². The van der Waals surface area contributed by atoms with Crippen LogP contribution in [0.2, 0.25) is 0 Å². The van der Waals surface area contributed by atoms with Crippen LogP contribution in [-0.2, 0) is 4.74 Å². The molecule has 1 heterocycles. The molecule has 0 amide bonds. The quantitative estimate of drug-likeness (QED) is 0.800. The Labute approximate surface area is 94.5 Å². The van der Waals surface area contributed by atoms with E-state index in [1.807, 2.05) is 13.8 Å². The highest BCUT2D eigenvalue weighted by molar-refractivity contribution is 5.85. The molecule has 0 spiro atoms. The molecule has 0 aliphatic heterocycles. The summed E-state index contributed by atoms with van der Waals surface area (Å²) in [6.45, 7) is 4.49. The monoisotopic (exact) mass is 224 g/mol. The summed E-state index contributed by atoms with van der Waals surface area (Å²) in [4.78, 5) is 18.8. The molecule has 88 valence electrons. The smallest absolute Gasteiger partial charge is 0.354 e. The lowest BCUT2D eigenvalue weighted by atomic mass is 10.2. The highest BCUT2D eigenvalue weighted by Crippen LogP contribution is 2.19. The summed E-state index contributed by atoms with van der Waals surface area (Å²) in [5.41, 5.74) is 0.00538. The van der Waals surface area contributed by atoms with Crippen molar-refractivity contribution >= 4 is 5.97 Å². The Morgan fingerprint density at radius 1 is 1.56 bits per heavy atom. The molecule has 0 aliphatic rings. The minimum atomic E-state index is -1.05. The molecule has 1 aromatic rings. The van der Waals surface area contributed by atoms with E-state index in [1.165, 1.54) is 12.3 Å². The number of carboxylic acid groups (broad SMARTS) is 1. The molecule has 0 fully saturated rings. The normalized spacial score (nSPS) is 12.4. The van der Waals surface area contributed by atoms with Gasteiger partial charge in [-0.1, -0.05) is 13.3 Å². The number of carbonyl (C=O) groups is 1. The van der Waals surface area contributed by atoms with Gasteiger partial charge in [0, 0.05) is 12.8 Å². The maximum Gasteiger partial charge on any atom is 0.354 e. The average Bonchev–Trinajstić information content (AvgIpc) is 2.29. The first-order valence-corrected chi connectivity index (χ1v) is 5.36. The Kier molecular flexibility index (Phi) is 4.85. The van der Waals surface area contributed by atoms with E-state index in [0.29, 0.717) is 12.4 Å². The fourth-order valence-corrected chi connectivity index (χ4v) is 1.40. The fourth-order valence-electron chi connectivity index (χ4n) is 1.40. The van der Waals surface area contributed by atoms with Crippen LogP contribution in [0.3, 0.4) is 0 Å². The largest absolute Gasteiger partial charge is 0.477 e. The molecule has 1 N–H and O–H groups in total. The standard InChI is InChI=1S/C11H16N2O3/c1-3-5-9(16-4-2)10-12-7-6-8(13-10)11(14)15/h6-7,9H,3-5H2,1-2H3,(H,14,15). The van der Waals surface area contributed by atoms with Crippen molar-refractivity contribution in [2.75, 3.05) is 6.61 Å². The van der Waals surface area contributed by atoms with Crippen LogP contribution in [0.15, 0.2) is 12.3 Å². The molecule has 0 saturated heterocycles. The Bertz CT molecular complexity index is 349. The van der Waals surface area contributed by atoms with Gasteiger partial charge >= 0.3 is 5.97 Å². The first-order valence-electron chi connectivity index (χ1n) is 5.36. The van der Waals surface area contributed by atoms with E-state index in [0.717, 1.165) is 12.8 Å². The highest BCUT2D eigenvalue weighted by atomic mass is 16.5. The summed E-state index contributed by atoms with van der Waals surface area (Å²) >= 11 is 0. The van der Waals surface area contributed by atoms with Crippen molar-refractivity contribution in [3.8, 4) is 0 Å². The van der Waals surface area contributed by atoms with Crippen molar-refractivity contribution < 1.29 is 14.6 Å². The molecule has 0 bridgehead atoms. The number of ether oxygens (including phenoxy) is 1. The fraction of sp³-hybridized carbons (Fsp3) is 0.545. The van der Waals surface area contributed by atoms with Crippen LogP contribution >= 0.6 is 0 Å². The number of carboxylic acids is 1. The lowest BCUT2D eigenvalue weighted by Gasteiger charge is -2.14. The molecule has 5 heteroatoms. The van der Waals surface area contributed by atoms with Gasteiger partial charge in [0.1, 0.15) is 6.10 Å². The number of hydrogen-bond acceptors (Lipinski definition) is 4. The highest BCUT2D eigenvalue weighted by Gasteiger charge is 2.15. The summed E-state index contributed by atoms with van der Waals surface area (Å²) in [7, 11) is 0. The van der Waals surface area contributed by atoms with Gasteiger partial charge in [-0.2, -0.15) is 0 Å². The summed E-state index contributed by atoms with van der Waals surface area (Å²) < 4.78 is 5.49. The molecule has 16 heavy (non-hydrogen) atoms. The van der Waals surface area contributed by atoms with Crippen LogP contribution in [0.25, 0.3) is 0 Å². The van der Waals surface area contributed by atoms with E-state index in [4.69, 9.17) is 9.84 Å². The Morgan fingerprint density at radius 3 is 2.88 bits per heavy atom. The van der Waals surface area contributed by atoms with E-state index >= 15 is 0 Å². The van der Waals surface area contributed by atoms with E-state index in [-0.39, 0.29) is 11.8 Å². The molecular formula is C11H16N2O3. The third-order valence-corrected chi connectivity index (χ3v) is 2.10. The topological polar surface area (TPSA) is 72.3 Å². The maximum absolute atomic E-state index is 10.8. The van der Waals surface area contributed by atoms with Crippen molar-refractivity contribution in [1.29, 1.82) is 0 Å². The Balaban J connectivity index is 2.90. The van der Waals surface area contributed by atoms with Gasteiger partial charge in [-0.15, -0.1) is 0 Å². The molecule has 1 aromatic heterocycles. The van der Waals surface area contributed by atoms with Crippen LogP contribution < -0.4 is 0 Å². The van der Waals surface area contributed by atoms with Crippen LogP contribution in [-0.4, -0.2) is 27.7 Å². The molecule has 5 nitrogen and oxygen atoms in total. The predicted octanol–water partition coefficient (Wildman–Crippen LogP) is 2.05. The summed E-state index contributed by atoms with van der Waals surface area (Å²) in [5.74, 6) is -0.598. The van der Waals surface area contributed by atoms with Gasteiger partial charge in [-0.3, -0.25) is 0 Å². The first-order chi connectivity index (χ1) is 7.69. The van der Waals surface area contributed by atoms with E-state index in [1.54, 1.807) is 0 Å². The van der Waals surface area contributed by atoms with Crippen molar-refractivity contribution in [2.24, 2.45) is 0 Å². The minimum Gasteiger partial charge on any atom is -0.477 e.